The summed E-state index contributed by atoms with van der Waals surface area (Å²) in [6, 6.07) is 13.5. The van der Waals surface area contributed by atoms with Gasteiger partial charge in [0.1, 0.15) is 11.8 Å². The van der Waals surface area contributed by atoms with Gasteiger partial charge < -0.3 is 4.74 Å². The summed E-state index contributed by atoms with van der Waals surface area (Å²) in [5.41, 5.74) is 1.93. The highest BCUT2D eigenvalue weighted by molar-refractivity contribution is 5.69. The van der Waals surface area contributed by atoms with Gasteiger partial charge in [0.05, 0.1) is 0 Å². The van der Waals surface area contributed by atoms with Crippen LogP contribution in [0, 0.1) is 11.3 Å². The minimum atomic E-state index is -0.465. The highest BCUT2D eigenvalue weighted by Gasteiger charge is 2.08. The lowest BCUT2D eigenvalue weighted by Crippen LogP contribution is -2.08. The fourth-order valence-corrected chi connectivity index (χ4v) is 1.55. The number of pyridine rings is 1. The van der Waals surface area contributed by atoms with Gasteiger partial charge in [-0.2, -0.15) is 5.26 Å². The summed E-state index contributed by atoms with van der Waals surface area (Å²) in [5, 5.41) is 8.77. The highest BCUT2D eigenvalue weighted by Crippen LogP contribution is 2.29. The van der Waals surface area contributed by atoms with E-state index in [0.717, 1.165) is 11.1 Å². The first-order chi connectivity index (χ1) is 8.31. The molecular formula is C14H12N2O. The molecule has 3 nitrogen and oxygen atoms in total. The molecule has 2 rings (SSSR count). The average molecular weight is 224 g/mol. The number of nitriles is 1. The first-order valence-corrected chi connectivity index (χ1v) is 5.37. The molecule has 0 saturated heterocycles. The summed E-state index contributed by atoms with van der Waals surface area (Å²) in [5.74, 6) is 0.703. The van der Waals surface area contributed by atoms with E-state index in [1.54, 1.807) is 19.3 Å². The summed E-state index contributed by atoms with van der Waals surface area (Å²) in [4.78, 5) is 4.08. The maximum Gasteiger partial charge on any atom is 0.181 e. The van der Waals surface area contributed by atoms with Crippen molar-refractivity contribution in [2.24, 2.45) is 0 Å². The Balaban J connectivity index is 2.38. The molecule has 1 aromatic carbocycles. The van der Waals surface area contributed by atoms with E-state index in [4.69, 9.17) is 10.00 Å². The maximum atomic E-state index is 8.77. The molecule has 0 unspecified atom stereocenters. The fourth-order valence-electron chi connectivity index (χ4n) is 1.55. The van der Waals surface area contributed by atoms with Crippen molar-refractivity contribution in [3.63, 3.8) is 0 Å². The van der Waals surface area contributed by atoms with Gasteiger partial charge in [-0.1, -0.05) is 24.3 Å². The maximum absolute atomic E-state index is 8.77. The first-order valence-electron chi connectivity index (χ1n) is 5.37. The molecule has 0 N–H and O–H groups in total. The zero-order chi connectivity index (χ0) is 12.1. The minimum absolute atomic E-state index is 0.465. The monoisotopic (exact) mass is 224 g/mol. The van der Waals surface area contributed by atoms with E-state index in [1.165, 1.54) is 0 Å². The highest BCUT2D eigenvalue weighted by atomic mass is 16.5. The van der Waals surface area contributed by atoms with Crippen LogP contribution in [-0.4, -0.2) is 11.1 Å². The van der Waals surface area contributed by atoms with E-state index in [9.17, 15) is 0 Å². The predicted octanol–water partition coefficient (Wildman–Crippen LogP) is 3.04. The quantitative estimate of drug-likeness (QED) is 0.805. The van der Waals surface area contributed by atoms with Crippen LogP contribution < -0.4 is 4.74 Å². The third kappa shape index (κ3) is 2.61. The third-order valence-corrected chi connectivity index (χ3v) is 2.35. The van der Waals surface area contributed by atoms with E-state index >= 15 is 0 Å². The second-order valence-electron chi connectivity index (χ2n) is 3.63. The molecule has 0 fully saturated rings. The number of benzene rings is 1. The van der Waals surface area contributed by atoms with Crippen molar-refractivity contribution >= 4 is 0 Å². The third-order valence-electron chi connectivity index (χ3n) is 2.35. The van der Waals surface area contributed by atoms with Crippen LogP contribution in [0.3, 0.4) is 0 Å². The van der Waals surface area contributed by atoms with E-state index < -0.39 is 6.10 Å². The second-order valence-corrected chi connectivity index (χ2v) is 3.63. The van der Waals surface area contributed by atoms with Gasteiger partial charge in [0.25, 0.3) is 0 Å². The van der Waals surface area contributed by atoms with Crippen LogP contribution in [0.5, 0.6) is 5.75 Å². The second kappa shape index (κ2) is 5.13. The molecule has 0 bridgehead atoms. The van der Waals surface area contributed by atoms with Crippen molar-refractivity contribution in [3.8, 4) is 22.9 Å². The van der Waals surface area contributed by atoms with E-state index in [1.807, 2.05) is 36.4 Å². The Kier molecular flexibility index (Phi) is 3.37. The number of hydrogen-bond acceptors (Lipinski definition) is 3. The molecule has 1 heterocycles. The lowest BCUT2D eigenvalue weighted by atomic mass is 10.1. The molecule has 0 aliphatic rings. The fraction of sp³-hybridized carbons (Fsp3) is 0.143. The normalized spacial score (nSPS) is 11.5. The molecule has 0 radical (unpaired) electrons. The molecule has 0 amide bonds. The van der Waals surface area contributed by atoms with Gasteiger partial charge in [0.2, 0.25) is 0 Å². The first kappa shape index (κ1) is 11.2. The number of ether oxygens (including phenoxy) is 1. The van der Waals surface area contributed by atoms with Gasteiger partial charge in [-0.25, -0.2) is 0 Å². The molecule has 3 heteroatoms. The Hall–Kier alpha value is -2.34. The lowest BCUT2D eigenvalue weighted by molar-refractivity contribution is 0.277. The van der Waals surface area contributed by atoms with Crippen molar-refractivity contribution in [1.82, 2.24) is 4.98 Å². The molecule has 1 atom stereocenters. The van der Waals surface area contributed by atoms with Crippen LogP contribution in [-0.2, 0) is 0 Å². The van der Waals surface area contributed by atoms with Crippen LogP contribution in [0.15, 0.2) is 48.8 Å². The summed E-state index contributed by atoms with van der Waals surface area (Å²) >= 11 is 0. The predicted molar refractivity (Wildman–Crippen MR) is 65.4 cm³/mol. The lowest BCUT2D eigenvalue weighted by Gasteiger charge is -2.12. The number of hydrogen-bond donors (Lipinski definition) is 0. The molecule has 17 heavy (non-hydrogen) atoms. The summed E-state index contributed by atoms with van der Waals surface area (Å²) < 4.78 is 5.56. The van der Waals surface area contributed by atoms with Gasteiger partial charge in [-0.15, -0.1) is 0 Å². The van der Waals surface area contributed by atoms with Gasteiger partial charge in [0.15, 0.2) is 6.10 Å². The Morgan fingerprint density at radius 2 is 2.06 bits per heavy atom. The van der Waals surface area contributed by atoms with Crippen molar-refractivity contribution in [1.29, 1.82) is 5.26 Å². The largest absolute Gasteiger partial charge is 0.475 e. The molecule has 1 aromatic heterocycles. The summed E-state index contributed by atoms with van der Waals surface area (Å²) in [6.07, 6.45) is 3.04. The zero-order valence-corrected chi connectivity index (χ0v) is 9.50. The Morgan fingerprint density at radius 1 is 1.24 bits per heavy atom. The van der Waals surface area contributed by atoms with Crippen molar-refractivity contribution < 1.29 is 4.74 Å². The number of rotatable bonds is 3. The van der Waals surface area contributed by atoms with E-state index in [-0.39, 0.29) is 0 Å². The topological polar surface area (TPSA) is 45.9 Å². The molecule has 0 aliphatic carbocycles. The van der Waals surface area contributed by atoms with Crippen LogP contribution in [0.25, 0.3) is 11.1 Å². The minimum Gasteiger partial charge on any atom is -0.475 e. The number of aromatic nitrogens is 1. The smallest absolute Gasteiger partial charge is 0.181 e. The molecule has 0 saturated carbocycles. The Morgan fingerprint density at radius 3 is 2.76 bits per heavy atom. The zero-order valence-electron chi connectivity index (χ0n) is 9.50. The summed E-state index contributed by atoms with van der Waals surface area (Å²) in [7, 11) is 0. The average Bonchev–Trinajstić information content (AvgIpc) is 2.40. The SMILES string of the molecule is C[C@@H](C#N)Oc1ccccc1-c1cccnc1. The molecular weight excluding hydrogens is 212 g/mol. The van der Waals surface area contributed by atoms with Crippen molar-refractivity contribution in [2.75, 3.05) is 0 Å². The van der Waals surface area contributed by atoms with Gasteiger partial charge >= 0.3 is 0 Å². The Labute approximate surface area is 100 Å². The van der Waals surface area contributed by atoms with E-state index in [0.29, 0.717) is 5.75 Å². The standard InChI is InChI=1S/C14H12N2O/c1-11(9-15)17-14-7-3-2-6-13(14)12-5-4-8-16-10-12/h2-8,10-11H,1H3/t11-/m0/s1. The van der Waals surface area contributed by atoms with Gasteiger partial charge in [0, 0.05) is 23.5 Å². The number of para-hydroxylation sites is 1. The van der Waals surface area contributed by atoms with Crippen LogP contribution in [0.2, 0.25) is 0 Å². The van der Waals surface area contributed by atoms with Crippen molar-refractivity contribution in [2.45, 2.75) is 13.0 Å². The van der Waals surface area contributed by atoms with Crippen LogP contribution in [0.4, 0.5) is 0 Å². The molecule has 2 aromatic rings. The Bertz CT molecular complexity index is 531. The number of nitrogens with zero attached hydrogens (tertiary/aromatic N) is 2. The molecule has 84 valence electrons. The molecule has 0 aliphatic heterocycles. The summed E-state index contributed by atoms with van der Waals surface area (Å²) in [6.45, 7) is 1.72. The van der Waals surface area contributed by atoms with Gasteiger partial charge in [-0.3, -0.25) is 4.98 Å². The van der Waals surface area contributed by atoms with Crippen LogP contribution in [0.1, 0.15) is 6.92 Å². The van der Waals surface area contributed by atoms with Crippen molar-refractivity contribution in [3.05, 3.63) is 48.8 Å². The molecule has 0 spiro atoms. The van der Waals surface area contributed by atoms with Crippen LogP contribution >= 0.6 is 0 Å². The van der Waals surface area contributed by atoms with E-state index in [2.05, 4.69) is 11.1 Å². The van der Waals surface area contributed by atoms with Gasteiger partial charge in [-0.05, 0) is 19.1 Å².